The minimum Gasteiger partial charge on any atom is -0.461 e. The lowest BCUT2D eigenvalue weighted by molar-refractivity contribution is 0.101. The Labute approximate surface area is 187 Å². The number of furan rings is 1. The van der Waals surface area contributed by atoms with E-state index < -0.39 is 5.91 Å². The van der Waals surface area contributed by atoms with Crippen molar-refractivity contribution in [2.75, 3.05) is 5.32 Å². The van der Waals surface area contributed by atoms with Gasteiger partial charge in [0.25, 0.3) is 5.91 Å². The lowest BCUT2D eigenvalue weighted by Gasteiger charge is -2.09. The Kier molecular flexibility index (Phi) is 5.15. The molecule has 0 fully saturated rings. The Morgan fingerprint density at radius 1 is 1.03 bits per heavy atom. The van der Waals surface area contributed by atoms with Gasteiger partial charge in [0.1, 0.15) is 24.2 Å². The average molecular weight is 442 g/mol. The van der Waals surface area contributed by atoms with E-state index >= 15 is 0 Å². The van der Waals surface area contributed by atoms with Crippen LogP contribution in [0.1, 0.15) is 21.9 Å². The summed E-state index contributed by atoms with van der Waals surface area (Å²) < 4.78 is 18.1. The van der Waals surface area contributed by atoms with Crippen LogP contribution >= 0.6 is 0 Å². The van der Waals surface area contributed by atoms with Crippen molar-refractivity contribution in [1.29, 1.82) is 0 Å². The van der Waals surface area contributed by atoms with E-state index in [1.165, 1.54) is 18.7 Å². The van der Waals surface area contributed by atoms with Crippen molar-refractivity contribution in [3.05, 3.63) is 84.5 Å². The number of carbonyl (C=O) groups is 1. The quantitative estimate of drug-likeness (QED) is 0.406. The van der Waals surface area contributed by atoms with Crippen LogP contribution in [0.3, 0.4) is 0 Å². The van der Waals surface area contributed by atoms with Gasteiger partial charge in [-0.1, -0.05) is 5.16 Å². The maximum atomic E-state index is 12.5. The summed E-state index contributed by atoms with van der Waals surface area (Å²) in [6.07, 6.45) is 4.66. The van der Waals surface area contributed by atoms with Gasteiger partial charge >= 0.3 is 0 Å². The van der Waals surface area contributed by atoms with Gasteiger partial charge in [0.05, 0.1) is 12.0 Å². The van der Waals surface area contributed by atoms with E-state index in [1.54, 1.807) is 48.8 Å². The molecule has 0 bridgehead atoms. The lowest BCUT2D eigenvalue weighted by Crippen LogP contribution is -2.11. The van der Waals surface area contributed by atoms with E-state index in [9.17, 15) is 4.79 Å². The number of anilines is 1. The normalized spacial score (nSPS) is 10.8. The third-order valence-electron chi connectivity index (χ3n) is 4.97. The molecule has 0 spiro atoms. The summed E-state index contributed by atoms with van der Waals surface area (Å²) in [7, 11) is 0. The number of aromatic nitrogens is 5. The maximum Gasteiger partial charge on any atom is 0.277 e. The van der Waals surface area contributed by atoms with Gasteiger partial charge in [0.2, 0.25) is 11.6 Å². The summed E-state index contributed by atoms with van der Waals surface area (Å²) in [6, 6.07) is 13.6. The van der Waals surface area contributed by atoms with Crippen molar-refractivity contribution in [3.63, 3.8) is 0 Å². The highest BCUT2D eigenvalue weighted by Gasteiger charge is 2.15. The SMILES string of the molecule is Cc1ncn(-c2cc(Oc3ccc(NC(=O)c4cc(-c5ccco5)on4)cc3)ncn2)c1C. The molecular weight excluding hydrogens is 424 g/mol. The van der Waals surface area contributed by atoms with Gasteiger partial charge in [-0.05, 0) is 50.2 Å². The number of amides is 1. The Morgan fingerprint density at radius 2 is 1.88 bits per heavy atom. The smallest absolute Gasteiger partial charge is 0.277 e. The molecule has 4 aromatic heterocycles. The minimum absolute atomic E-state index is 0.139. The van der Waals surface area contributed by atoms with Crippen LogP contribution in [0, 0.1) is 13.8 Å². The van der Waals surface area contributed by atoms with Crippen LogP contribution in [-0.2, 0) is 0 Å². The zero-order valence-corrected chi connectivity index (χ0v) is 17.7. The number of ether oxygens (including phenoxy) is 1. The van der Waals surface area contributed by atoms with E-state index in [-0.39, 0.29) is 5.69 Å². The molecule has 0 aliphatic carbocycles. The number of carbonyl (C=O) groups excluding carboxylic acids is 1. The van der Waals surface area contributed by atoms with Gasteiger partial charge in [0, 0.05) is 23.5 Å². The van der Waals surface area contributed by atoms with Crippen molar-refractivity contribution >= 4 is 11.6 Å². The Bertz CT molecular complexity index is 1400. The molecule has 5 rings (SSSR count). The summed E-state index contributed by atoms with van der Waals surface area (Å²) in [5.74, 6) is 2.06. The molecule has 0 unspecified atom stereocenters. The number of benzene rings is 1. The van der Waals surface area contributed by atoms with E-state index in [0.29, 0.717) is 34.7 Å². The highest BCUT2D eigenvalue weighted by atomic mass is 16.5. The largest absolute Gasteiger partial charge is 0.461 e. The fourth-order valence-corrected chi connectivity index (χ4v) is 3.09. The van der Waals surface area contributed by atoms with Gasteiger partial charge in [-0.15, -0.1) is 0 Å². The molecule has 0 aliphatic rings. The molecule has 1 amide bonds. The molecule has 0 atom stereocenters. The second kappa shape index (κ2) is 8.42. The number of nitrogens with one attached hydrogen (secondary N) is 1. The first-order valence-corrected chi connectivity index (χ1v) is 9.99. The Hall–Kier alpha value is -4.73. The topological polar surface area (TPSA) is 121 Å². The predicted molar refractivity (Wildman–Crippen MR) is 117 cm³/mol. The predicted octanol–water partition coefficient (Wildman–Crippen LogP) is 4.57. The zero-order chi connectivity index (χ0) is 22.8. The molecule has 0 saturated carbocycles. The van der Waals surface area contributed by atoms with E-state index in [1.807, 2.05) is 18.4 Å². The fourth-order valence-electron chi connectivity index (χ4n) is 3.09. The highest BCUT2D eigenvalue weighted by molar-refractivity contribution is 6.03. The molecule has 1 N–H and O–H groups in total. The molecule has 10 nitrogen and oxygen atoms in total. The number of nitrogens with zero attached hydrogens (tertiary/aromatic N) is 5. The summed E-state index contributed by atoms with van der Waals surface area (Å²) in [4.78, 5) is 25.2. The summed E-state index contributed by atoms with van der Waals surface area (Å²) in [5, 5.41) is 6.55. The van der Waals surface area contributed by atoms with E-state index in [0.717, 1.165) is 11.4 Å². The minimum atomic E-state index is -0.406. The summed E-state index contributed by atoms with van der Waals surface area (Å²) >= 11 is 0. The van der Waals surface area contributed by atoms with Crippen molar-refractivity contribution in [1.82, 2.24) is 24.7 Å². The van der Waals surface area contributed by atoms with Crippen LogP contribution in [-0.4, -0.2) is 30.6 Å². The number of rotatable bonds is 6. The van der Waals surface area contributed by atoms with Gasteiger partial charge in [-0.2, -0.15) is 0 Å². The monoisotopic (exact) mass is 442 g/mol. The van der Waals surface area contributed by atoms with Gasteiger partial charge in [-0.3, -0.25) is 9.36 Å². The molecule has 0 aliphatic heterocycles. The molecule has 0 saturated heterocycles. The van der Waals surface area contributed by atoms with Crippen molar-refractivity contribution in [3.8, 4) is 29.0 Å². The van der Waals surface area contributed by atoms with Crippen LogP contribution in [0.2, 0.25) is 0 Å². The molecule has 0 radical (unpaired) electrons. The molecule has 164 valence electrons. The van der Waals surface area contributed by atoms with Crippen LogP contribution < -0.4 is 10.1 Å². The summed E-state index contributed by atoms with van der Waals surface area (Å²) in [5.41, 5.74) is 2.63. The number of hydrogen-bond acceptors (Lipinski definition) is 8. The number of hydrogen-bond donors (Lipinski definition) is 1. The second-order valence-corrected chi connectivity index (χ2v) is 7.13. The molecule has 10 heteroatoms. The van der Waals surface area contributed by atoms with Gasteiger partial charge in [0.15, 0.2) is 11.5 Å². The zero-order valence-electron chi connectivity index (χ0n) is 17.7. The second-order valence-electron chi connectivity index (χ2n) is 7.13. The third kappa shape index (κ3) is 4.22. The van der Waals surface area contributed by atoms with Crippen LogP contribution in [0.4, 0.5) is 5.69 Å². The molecule has 33 heavy (non-hydrogen) atoms. The summed E-state index contributed by atoms with van der Waals surface area (Å²) in [6.45, 7) is 3.90. The van der Waals surface area contributed by atoms with Crippen LogP contribution in [0.25, 0.3) is 17.3 Å². The van der Waals surface area contributed by atoms with Crippen LogP contribution in [0.5, 0.6) is 11.6 Å². The Balaban J connectivity index is 1.25. The van der Waals surface area contributed by atoms with Gasteiger partial charge in [-0.25, -0.2) is 15.0 Å². The van der Waals surface area contributed by atoms with Gasteiger partial charge < -0.3 is 19.0 Å². The van der Waals surface area contributed by atoms with E-state index in [2.05, 4.69) is 25.4 Å². The molecule has 1 aromatic carbocycles. The standard InChI is InChI=1S/C23H18N6O4/c1-14-15(2)29(13-26-14)21-11-22(25-12-24-21)32-17-7-5-16(6-8-17)27-23(30)18-10-20(33-28-18)19-4-3-9-31-19/h3-13H,1-2H3,(H,27,30). The first-order chi connectivity index (χ1) is 16.1. The number of aryl methyl sites for hydroxylation is 1. The third-order valence-corrected chi connectivity index (χ3v) is 4.97. The van der Waals surface area contributed by atoms with E-state index in [4.69, 9.17) is 13.7 Å². The van der Waals surface area contributed by atoms with Crippen molar-refractivity contribution < 1.29 is 18.5 Å². The average Bonchev–Trinajstić information content (AvgIpc) is 3.58. The Morgan fingerprint density at radius 3 is 2.61 bits per heavy atom. The van der Waals surface area contributed by atoms with Crippen molar-refractivity contribution in [2.45, 2.75) is 13.8 Å². The van der Waals surface area contributed by atoms with Crippen molar-refractivity contribution in [2.24, 2.45) is 0 Å². The number of imidazole rings is 1. The molecule has 4 heterocycles. The molecule has 5 aromatic rings. The first kappa shape index (κ1) is 20.2. The first-order valence-electron chi connectivity index (χ1n) is 9.99. The highest BCUT2D eigenvalue weighted by Crippen LogP contribution is 2.24. The maximum absolute atomic E-state index is 12.5. The molecular formula is C23H18N6O4. The fraction of sp³-hybridized carbons (Fsp3) is 0.0870. The lowest BCUT2D eigenvalue weighted by atomic mass is 10.2. The van der Waals surface area contributed by atoms with Crippen LogP contribution in [0.15, 0.2) is 76.4 Å².